The molecule has 194 valence electrons. The average Bonchev–Trinajstić information content (AvgIpc) is 2.87. The summed E-state index contributed by atoms with van der Waals surface area (Å²) in [6.45, 7) is 2.20. The quantitative estimate of drug-likeness (QED) is 0.212. The first kappa shape index (κ1) is 27.5. The molecule has 0 aromatic heterocycles. The van der Waals surface area contributed by atoms with Gasteiger partial charge in [-0.2, -0.15) is 0 Å². The number of halogens is 1. The van der Waals surface area contributed by atoms with Gasteiger partial charge in [-0.1, -0.05) is 103 Å². The van der Waals surface area contributed by atoms with Gasteiger partial charge in [0.15, 0.2) is 0 Å². The van der Waals surface area contributed by atoms with Crippen molar-refractivity contribution in [2.45, 2.75) is 161 Å². The van der Waals surface area contributed by atoms with Crippen LogP contribution in [0, 0.1) is 35.5 Å². The minimum atomic E-state index is -0.117. The zero-order valence-electron chi connectivity index (χ0n) is 22.5. The van der Waals surface area contributed by atoms with E-state index in [0.717, 1.165) is 48.3 Å². The number of alkyl halides is 1. The molecule has 0 aromatic carbocycles. The topological polar surface area (TPSA) is 0 Å². The number of unbranched alkanes of at least 4 members (excludes halogenated alkanes) is 8. The van der Waals surface area contributed by atoms with E-state index < -0.39 is 0 Å². The van der Waals surface area contributed by atoms with E-state index in [9.17, 15) is 4.39 Å². The molecule has 0 aromatic rings. The lowest BCUT2D eigenvalue weighted by Gasteiger charge is -2.41. The SMILES string of the molecule is CCCCCCCCC1CCC(C2CCC(C3CCC(CCCCCCF)CC3)CC2)CC1. The predicted molar refractivity (Wildman–Crippen MR) is 143 cm³/mol. The van der Waals surface area contributed by atoms with Crippen LogP contribution in [0.15, 0.2) is 0 Å². The van der Waals surface area contributed by atoms with Crippen LogP contribution >= 0.6 is 0 Å². The average molecular weight is 463 g/mol. The molecule has 0 heterocycles. The van der Waals surface area contributed by atoms with Gasteiger partial charge < -0.3 is 0 Å². The molecule has 0 N–H and O–H groups in total. The van der Waals surface area contributed by atoms with Crippen molar-refractivity contribution in [3.8, 4) is 0 Å². The van der Waals surface area contributed by atoms with E-state index in [4.69, 9.17) is 0 Å². The standard InChI is InChI=1S/C32H59F/c1-2-3-4-5-6-9-12-27-14-18-29(19-15-27)31-22-24-32(25-23-31)30-20-16-28(17-21-30)13-10-7-8-11-26-33/h27-32H,2-26H2,1H3. The van der Waals surface area contributed by atoms with E-state index >= 15 is 0 Å². The third-order valence-electron chi connectivity index (χ3n) is 10.4. The van der Waals surface area contributed by atoms with Gasteiger partial charge >= 0.3 is 0 Å². The van der Waals surface area contributed by atoms with E-state index in [1.54, 1.807) is 51.4 Å². The molecule has 3 rings (SSSR count). The third-order valence-corrected chi connectivity index (χ3v) is 10.4. The molecule has 0 atom stereocenters. The molecule has 0 radical (unpaired) electrons. The molecule has 0 aliphatic heterocycles. The molecule has 1 heteroatoms. The monoisotopic (exact) mass is 462 g/mol. The van der Waals surface area contributed by atoms with Crippen LogP contribution in [-0.4, -0.2) is 6.67 Å². The van der Waals surface area contributed by atoms with Gasteiger partial charge in [-0.3, -0.25) is 4.39 Å². The Morgan fingerprint density at radius 2 is 0.758 bits per heavy atom. The Kier molecular flexibility index (Phi) is 13.8. The highest BCUT2D eigenvalue weighted by atomic mass is 19.1. The van der Waals surface area contributed by atoms with Gasteiger partial charge in [0.2, 0.25) is 0 Å². The molecule has 0 saturated heterocycles. The van der Waals surface area contributed by atoms with Crippen molar-refractivity contribution in [1.29, 1.82) is 0 Å². The van der Waals surface area contributed by atoms with Crippen LogP contribution in [0.1, 0.15) is 161 Å². The molecule has 0 amide bonds. The molecule has 3 aliphatic rings. The molecule has 3 saturated carbocycles. The van der Waals surface area contributed by atoms with E-state index in [2.05, 4.69) is 6.92 Å². The summed E-state index contributed by atoms with van der Waals surface area (Å²) in [6.07, 6.45) is 34.7. The first-order valence-electron chi connectivity index (χ1n) is 15.9. The van der Waals surface area contributed by atoms with Gasteiger partial charge in [-0.05, 0) is 93.3 Å². The fraction of sp³-hybridized carbons (Fsp3) is 1.00. The molecule has 3 fully saturated rings. The fourth-order valence-corrected chi connectivity index (χ4v) is 8.08. The summed E-state index contributed by atoms with van der Waals surface area (Å²) in [5.74, 6) is 6.35. The lowest BCUT2D eigenvalue weighted by molar-refractivity contribution is 0.102. The van der Waals surface area contributed by atoms with E-state index in [-0.39, 0.29) is 6.67 Å². The summed E-state index contributed by atoms with van der Waals surface area (Å²) in [5, 5.41) is 0. The normalized spacial score (nSPS) is 33.3. The second-order valence-electron chi connectivity index (χ2n) is 12.7. The van der Waals surface area contributed by atoms with Crippen molar-refractivity contribution in [3.05, 3.63) is 0 Å². The summed E-state index contributed by atoms with van der Waals surface area (Å²) in [4.78, 5) is 0. The van der Waals surface area contributed by atoms with Crippen LogP contribution in [0.3, 0.4) is 0 Å². The summed E-state index contributed by atoms with van der Waals surface area (Å²) >= 11 is 0. The second-order valence-corrected chi connectivity index (χ2v) is 12.7. The van der Waals surface area contributed by atoms with Crippen LogP contribution in [-0.2, 0) is 0 Å². The Morgan fingerprint density at radius 3 is 1.15 bits per heavy atom. The minimum Gasteiger partial charge on any atom is -0.251 e. The van der Waals surface area contributed by atoms with Crippen molar-refractivity contribution < 1.29 is 4.39 Å². The highest BCUT2D eigenvalue weighted by Crippen LogP contribution is 2.46. The van der Waals surface area contributed by atoms with Crippen molar-refractivity contribution in [2.75, 3.05) is 6.67 Å². The highest BCUT2D eigenvalue weighted by molar-refractivity contribution is 4.86. The van der Waals surface area contributed by atoms with Crippen molar-refractivity contribution in [1.82, 2.24) is 0 Å². The molecule has 3 aliphatic carbocycles. The van der Waals surface area contributed by atoms with Crippen LogP contribution in [0.25, 0.3) is 0 Å². The fourth-order valence-electron chi connectivity index (χ4n) is 8.08. The maximum atomic E-state index is 12.2. The van der Waals surface area contributed by atoms with E-state index in [1.807, 2.05) is 0 Å². The molecular formula is C32H59F. The Labute approximate surface area is 207 Å². The first-order valence-corrected chi connectivity index (χ1v) is 15.9. The zero-order chi connectivity index (χ0) is 23.1. The molecular weight excluding hydrogens is 403 g/mol. The Hall–Kier alpha value is -0.0700. The zero-order valence-corrected chi connectivity index (χ0v) is 22.5. The van der Waals surface area contributed by atoms with Gasteiger partial charge in [-0.25, -0.2) is 0 Å². The minimum absolute atomic E-state index is 0.117. The lowest BCUT2D eigenvalue weighted by Crippen LogP contribution is -2.29. The molecule has 0 nitrogen and oxygen atoms in total. The molecule has 0 spiro atoms. The highest BCUT2D eigenvalue weighted by Gasteiger charge is 2.34. The summed E-state index contributed by atoms with van der Waals surface area (Å²) in [7, 11) is 0. The van der Waals surface area contributed by atoms with Crippen LogP contribution in [0.2, 0.25) is 0 Å². The van der Waals surface area contributed by atoms with Crippen LogP contribution in [0.4, 0.5) is 4.39 Å². The summed E-state index contributed by atoms with van der Waals surface area (Å²) in [6, 6.07) is 0. The Morgan fingerprint density at radius 1 is 0.424 bits per heavy atom. The maximum absolute atomic E-state index is 12.2. The number of hydrogen-bond acceptors (Lipinski definition) is 0. The van der Waals surface area contributed by atoms with Crippen molar-refractivity contribution in [2.24, 2.45) is 35.5 Å². The lowest BCUT2D eigenvalue weighted by atomic mass is 9.64. The summed E-state index contributed by atoms with van der Waals surface area (Å²) in [5.41, 5.74) is 0. The molecule has 33 heavy (non-hydrogen) atoms. The molecule has 0 bridgehead atoms. The second kappa shape index (κ2) is 16.6. The van der Waals surface area contributed by atoms with Gasteiger partial charge in [0.05, 0.1) is 6.67 Å². The van der Waals surface area contributed by atoms with Crippen molar-refractivity contribution in [3.63, 3.8) is 0 Å². The third kappa shape index (κ3) is 10.2. The largest absolute Gasteiger partial charge is 0.251 e. The number of hydrogen-bond donors (Lipinski definition) is 0. The number of rotatable bonds is 15. The van der Waals surface area contributed by atoms with E-state index in [1.165, 1.54) is 89.9 Å². The van der Waals surface area contributed by atoms with Crippen LogP contribution in [0.5, 0.6) is 0 Å². The Bertz CT molecular complexity index is 449. The van der Waals surface area contributed by atoms with Gasteiger partial charge in [-0.15, -0.1) is 0 Å². The first-order chi connectivity index (χ1) is 16.3. The van der Waals surface area contributed by atoms with Gasteiger partial charge in [0, 0.05) is 0 Å². The van der Waals surface area contributed by atoms with Crippen molar-refractivity contribution >= 4 is 0 Å². The van der Waals surface area contributed by atoms with Gasteiger partial charge in [0.1, 0.15) is 0 Å². The molecule has 0 unspecified atom stereocenters. The Balaban J connectivity index is 1.22. The summed E-state index contributed by atoms with van der Waals surface area (Å²) < 4.78 is 12.2. The predicted octanol–water partition coefficient (Wildman–Crippen LogP) is 11.1. The van der Waals surface area contributed by atoms with E-state index in [0.29, 0.717) is 0 Å². The smallest absolute Gasteiger partial charge is 0.0894 e. The van der Waals surface area contributed by atoms with Crippen LogP contribution < -0.4 is 0 Å². The maximum Gasteiger partial charge on any atom is 0.0894 e. The van der Waals surface area contributed by atoms with Gasteiger partial charge in [0.25, 0.3) is 0 Å².